The van der Waals surface area contributed by atoms with Gasteiger partial charge in [0, 0.05) is 10.7 Å². The molecule has 0 unspecified atom stereocenters. The Balaban J connectivity index is 2.59. The van der Waals surface area contributed by atoms with Gasteiger partial charge in [0.05, 0.1) is 27.7 Å². The van der Waals surface area contributed by atoms with E-state index in [9.17, 15) is 0 Å². The van der Waals surface area contributed by atoms with E-state index in [0.29, 0.717) is 0 Å². The number of nitrogens with zero attached hydrogens (tertiary/aromatic N) is 3. The number of rotatable bonds is 1. The van der Waals surface area contributed by atoms with Crippen LogP contribution in [0.1, 0.15) is 11.4 Å². The lowest BCUT2D eigenvalue weighted by atomic mass is 10.4. The summed E-state index contributed by atoms with van der Waals surface area (Å²) in [5.74, 6) is 0. The average Bonchev–Trinajstić information content (AvgIpc) is 2.46. The Morgan fingerprint density at radius 3 is 2.47 bits per heavy atom. The molecular weight excluding hydrogens is 322 g/mol. The minimum Gasteiger partial charge on any atom is -0.261 e. The van der Waals surface area contributed by atoms with Gasteiger partial charge in [0.25, 0.3) is 0 Å². The summed E-state index contributed by atoms with van der Waals surface area (Å²) >= 11 is 6.89. The molecule has 5 heteroatoms. The van der Waals surface area contributed by atoms with Crippen molar-refractivity contribution in [3.63, 3.8) is 0 Å². The van der Waals surface area contributed by atoms with Gasteiger partial charge in [-0.3, -0.25) is 4.98 Å². The van der Waals surface area contributed by atoms with Gasteiger partial charge in [0.2, 0.25) is 0 Å². The second-order valence-electron chi connectivity index (χ2n) is 3.26. The molecule has 0 amide bonds. The SMILES string of the molecule is Cc1nn(-c2cncc(Br)c2)c(C)c1Br. The van der Waals surface area contributed by atoms with Crippen molar-refractivity contribution in [3.8, 4) is 5.69 Å². The molecule has 0 saturated heterocycles. The number of hydrogen-bond acceptors (Lipinski definition) is 2. The summed E-state index contributed by atoms with van der Waals surface area (Å²) in [6, 6.07) is 1.98. The molecule has 0 radical (unpaired) electrons. The third kappa shape index (κ3) is 1.99. The van der Waals surface area contributed by atoms with Crippen LogP contribution in [0, 0.1) is 13.8 Å². The zero-order valence-corrected chi connectivity index (χ0v) is 11.5. The van der Waals surface area contributed by atoms with Crippen LogP contribution >= 0.6 is 31.9 Å². The molecule has 0 aromatic carbocycles. The minimum absolute atomic E-state index is 0.948. The van der Waals surface area contributed by atoms with Gasteiger partial charge < -0.3 is 0 Å². The van der Waals surface area contributed by atoms with Gasteiger partial charge in [-0.15, -0.1) is 0 Å². The standard InChI is InChI=1S/C10H9Br2N3/c1-6-10(12)7(2)15(14-6)9-3-8(11)4-13-5-9/h3-5H,1-2H3. The van der Waals surface area contributed by atoms with Gasteiger partial charge in [-0.1, -0.05) is 0 Å². The second kappa shape index (κ2) is 4.06. The summed E-state index contributed by atoms with van der Waals surface area (Å²) in [7, 11) is 0. The zero-order valence-electron chi connectivity index (χ0n) is 8.33. The van der Waals surface area contributed by atoms with E-state index in [1.165, 1.54) is 0 Å². The van der Waals surface area contributed by atoms with Crippen molar-refractivity contribution in [2.24, 2.45) is 0 Å². The highest BCUT2D eigenvalue weighted by molar-refractivity contribution is 9.10. The molecule has 0 aliphatic heterocycles. The molecule has 15 heavy (non-hydrogen) atoms. The quantitative estimate of drug-likeness (QED) is 0.802. The lowest BCUT2D eigenvalue weighted by Gasteiger charge is -2.03. The van der Waals surface area contributed by atoms with Crippen LogP contribution in [-0.4, -0.2) is 14.8 Å². The van der Waals surface area contributed by atoms with Crippen LogP contribution in [0.15, 0.2) is 27.4 Å². The predicted molar refractivity (Wildman–Crippen MR) is 66.2 cm³/mol. The Morgan fingerprint density at radius 2 is 1.93 bits per heavy atom. The molecule has 2 aromatic heterocycles. The normalized spacial score (nSPS) is 10.7. The van der Waals surface area contributed by atoms with E-state index in [4.69, 9.17) is 0 Å². The van der Waals surface area contributed by atoms with Gasteiger partial charge in [-0.2, -0.15) is 5.10 Å². The van der Waals surface area contributed by atoms with Crippen molar-refractivity contribution < 1.29 is 0 Å². The first-order chi connectivity index (χ1) is 7.09. The molecule has 2 rings (SSSR count). The third-order valence-electron chi connectivity index (χ3n) is 2.14. The maximum absolute atomic E-state index is 4.43. The van der Waals surface area contributed by atoms with E-state index < -0.39 is 0 Å². The van der Waals surface area contributed by atoms with Crippen molar-refractivity contribution in [3.05, 3.63) is 38.8 Å². The Kier molecular flexibility index (Phi) is 2.93. The highest BCUT2D eigenvalue weighted by atomic mass is 79.9. The first kappa shape index (κ1) is 10.8. The maximum Gasteiger partial charge on any atom is 0.0843 e. The number of halogens is 2. The first-order valence-electron chi connectivity index (χ1n) is 4.42. The van der Waals surface area contributed by atoms with Crippen molar-refractivity contribution >= 4 is 31.9 Å². The molecule has 78 valence electrons. The smallest absolute Gasteiger partial charge is 0.0843 e. The summed E-state index contributed by atoms with van der Waals surface area (Å²) in [4.78, 5) is 4.12. The van der Waals surface area contributed by atoms with E-state index in [2.05, 4.69) is 41.9 Å². The Bertz CT molecular complexity index is 505. The summed E-state index contributed by atoms with van der Waals surface area (Å²) in [6.45, 7) is 3.99. The van der Waals surface area contributed by atoms with Crippen LogP contribution < -0.4 is 0 Å². The van der Waals surface area contributed by atoms with Crippen LogP contribution in [0.4, 0.5) is 0 Å². The lowest BCUT2D eigenvalue weighted by molar-refractivity contribution is 0.827. The van der Waals surface area contributed by atoms with Gasteiger partial charge in [-0.25, -0.2) is 4.68 Å². The van der Waals surface area contributed by atoms with Crippen LogP contribution in [-0.2, 0) is 0 Å². The summed E-state index contributed by atoms with van der Waals surface area (Å²) in [6.07, 6.45) is 3.54. The molecule has 0 aliphatic carbocycles. The fourth-order valence-electron chi connectivity index (χ4n) is 1.39. The predicted octanol–water partition coefficient (Wildman–Crippen LogP) is 3.41. The van der Waals surface area contributed by atoms with E-state index in [-0.39, 0.29) is 0 Å². The zero-order chi connectivity index (χ0) is 11.0. The fraction of sp³-hybridized carbons (Fsp3) is 0.200. The number of hydrogen-bond donors (Lipinski definition) is 0. The fourth-order valence-corrected chi connectivity index (χ4v) is 1.99. The molecule has 0 saturated carbocycles. The highest BCUT2D eigenvalue weighted by Crippen LogP contribution is 2.23. The molecule has 0 aliphatic rings. The molecule has 2 aromatic rings. The molecule has 0 spiro atoms. The summed E-state index contributed by atoms with van der Waals surface area (Å²) in [5.41, 5.74) is 3.01. The number of pyridine rings is 1. The van der Waals surface area contributed by atoms with Gasteiger partial charge in [0.15, 0.2) is 0 Å². The van der Waals surface area contributed by atoms with Gasteiger partial charge in [-0.05, 0) is 51.8 Å². The molecule has 0 bridgehead atoms. The van der Waals surface area contributed by atoms with E-state index in [0.717, 1.165) is 26.0 Å². The Morgan fingerprint density at radius 1 is 1.20 bits per heavy atom. The molecule has 2 heterocycles. The van der Waals surface area contributed by atoms with Crippen molar-refractivity contribution in [2.75, 3.05) is 0 Å². The van der Waals surface area contributed by atoms with E-state index >= 15 is 0 Å². The van der Waals surface area contributed by atoms with Gasteiger partial charge >= 0.3 is 0 Å². The monoisotopic (exact) mass is 329 g/mol. The molecule has 0 atom stereocenters. The first-order valence-corrected chi connectivity index (χ1v) is 6.01. The van der Waals surface area contributed by atoms with Crippen LogP contribution in [0.2, 0.25) is 0 Å². The molecule has 3 nitrogen and oxygen atoms in total. The third-order valence-corrected chi connectivity index (χ3v) is 3.72. The van der Waals surface area contributed by atoms with Crippen LogP contribution in [0.3, 0.4) is 0 Å². The Labute approximate surface area is 105 Å². The summed E-state index contributed by atoms with van der Waals surface area (Å²) < 4.78 is 3.86. The Hall–Kier alpha value is -0.680. The van der Waals surface area contributed by atoms with Crippen LogP contribution in [0.5, 0.6) is 0 Å². The number of aryl methyl sites for hydroxylation is 1. The van der Waals surface area contributed by atoms with E-state index in [1.54, 1.807) is 12.4 Å². The lowest BCUT2D eigenvalue weighted by Crippen LogP contribution is -1.99. The minimum atomic E-state index is 0.948. The van der Waals surface area contributed by atoms with Gasteiger partial charge in [0.1, 0.15) is 0 Å². The largest absolute Gasteiger partial charge is 0.261 e. The van der Waals surface area contributed by atoms with E-state index in [1.807, 2.05) is 24.6 Å². The van der Waals surface area contributed by atoms with Crippen molar-refractivity contribution in [1.82, 2.24) is 14.8 Å². The topological polar surface area (TPSA) is 30.7 Å². The second-order valence-corrected chi connectivity index (χ2v) is 4.97. The van der Waals surface area contributed by atoms with Crippen molar-refractivity contribution in [1.29, 1.82) is 0 Å². The highest BCUT2D eigenvalue weighted by Gasteiger charge is 2.10. The molecule has 0 fully saturated rings. The van der Waals surface area contributed by atoms with Crippen molar-refractivity contribution in [2.45, 2.75) is 13.8 Å². The molecular formula is C10H9Br2N3. The number of aromatic nitrogens is 3. The average molecular weight is 331 g/mol. The molecule has 0 N–H and O–H groups in total. The maximum atomic E-state index is 4.43. The van der Waals surface area contributed by atoms with Crippen LogP contribution in [0.25, 0.3) is 5.69 Å². The summed E-state index contributed by atoms with van der Waals surface area (Å²) in [5, 5.41) is 4.43.